The van der Waals surface area contributed by atoms with Gasteiger partial charge in [-0.3, -0.25) is 14.5 Å². The molecular formula is C22H24FN3O4S. The Hall–Kier alpha value is -3.20. The second-order valence-electron chi connectivity index (χ2n) is 7.09. The number of amides is 2. The number of carbonyl (C=O) groups is 2. The van der Waals surface area contributed by atoms with Crippen molar-refractivity contribution in [1.82, 2.24) is 9.80 Å². The lowest BCUT2D eigenvalue weighted by Gasteiger charge is -2.23. The van der Waals surface area contributed by atoms with Crippen LogP contribution >= 0.6 is 12.2 Å². The van der Waals surface area contributed by atoms with Crippen LogP contribution in [-0.2, 0) is 16.0 Å². The highest BCUT2D eigenvalue weighted by atomic mass is 32.1. The molecule has 1 aliphatic heterocycles. The first-order valence-electron chi connectivity index (χ1n) is 9.68. The molecule has 1 saturated heterocycles. The van der Waals surface area contributed by atoms with Gasteiger partial charge in [-0.05, 0) is 60.6 Å². The van der Waals surface area contributed by atoms with Crippen LogP contribution in [0.15, 0.2) is 42.5 Å². The van der Waals surface area contributed by atoms with Crippen molar-refractivity contribution in [2.45, 2.75) is 18.9 Å². The molecule has 0 spiro atoms. The molecule has 3 rings (SSSR count). The number of carbonyl (C=O) groups excluding carboxylic acids is 2. The Balaban J connectivity index is 1.68. The summed E-state index contributed by atoms with van der Waals surface area (Å²) in [7, 11) is 4.75. The van der Waals surface area contributed by atoms with Crippen molar-refractivity contribution in [3.8, 4) is 11.5 Å². The van der Waals surface area contributed by atoms with Crippen molar-refractivity contribution in [3.63, 3.8) is 0 Å². The number of rotatable bonds is 8. The minimum atomic E-state index is -0.696. The van der Waals surface area contributed by atoms with Gasteiger partial charge in [0.2, 0.25) is 5.91 Å². The van der Waals surface area contributed by atoms with Crippen molar-refractivity contribution < 1.29 is 23.5 Å². The summed E-state index contributed by atoms with van der Waals surface area (Å²) in [5.74, 6) is 0.281. The fourth-order valence-corrected chi connectivity index (χ4v) is 3.74. The molecule has 0 saturated carbocycles. The number of hydrogen-bond donors (Lipinski definition) is 1. The van der Waals surface area contributed by atoms with E-state index in [1.54, 1.807) is 26.2 Å². The molecule has 1 heterocycles. The Morgan fingerprint density at radius 3 is 2.45 bits per heavy atom. The van der Waals surface area contributed by atoms with Crippen LogP contribution in [0, 0.1) is 5.82 Å². The van der Waals surface area contributed by atoms with Crippen molar-refractivity contribution in [2.75, 3.05) is 33.1 Å². The van der Waals surface area contributed by atoms with Crippen LogP contribution in [0.4, 0.5) is 10.1 Å². The molecule has 0 aromatic heterocycles. The Labute approximate surface area is 185 Å². The first-order valence-corrected chi connectivity index (χ1v) is 10.1. The number of methoxy groups -OCH3 is 2. The molecule has 9 heteroatoms. The number of nitrogens with one attached hydrogen (secondary N) is 1. The van der Waals surface area contributed by atoms with Crippen LogP contribution in [0.2, 0.25) is 0 Å². The van der Waals surface area contributed by atoms with Crippen LogP contribution in [-0.4, -0.2) is 60.6 Å². The van der Waals surface area contributed by atoms with Gasteiger partial charge in [-0.25, -0.2) is 4.39 Å². The van der Waals surface area contributed by atoms with Crippen LogP contribution < -0.4 is 14.8 Å². The summed E-state index contributed by atoms with van der Waals surface area (Å²) in [5, 5.41) is 3.07. The largest absolute Gasteiger partial charge is 0.493 e. The molecule has 0 radical (unpaired) electrons. The van der Waals surface area contributed by atoms with Crippen LogP contribution in [0.3, 0.4) is 0 Å². The van der Waals surface area contributed by atoms with Gasteiger partial charge in [0.05, 0.1) is 20.6 Å². The highest BCUT2D eigenvalue weighted by Gasteiger charge is 2.41. The molecule has 0 bridgehead atoms. The van der Waals surface area contributed by atoms with E-state index in [-0.39, 0.29) is 18.2 Å². The van der Waals surface area contributed by atoms with Crippen molar-refractivity contribution >= 4 is 34.8 Å². The minimum absolute atomic E-state index is 0.0629. The SMILES string of the molecule is COc1ccc(CCN2C(=S)N(C)C(=O)[C@H]2CC(=O)Nc2ccc(F)cc2)cc1OC. The van der Waals surface area contributed by atoms with Gasteiger partial charge in [0.25, 0.3) is 5.91 Å². The fraction of sp³-hybridized carbons (Fsp3) is 0.318. The number of anilines is 1. The fourth-order valence-electron chi connectivity index (χ4n) is 3.43. The number of benzene rings is 2. The summed E-state index contributed by atoms with van der Waals surface area (Å²) < 4.78 is 23.7. The molecule has 2 aromatic carbocycles. The molecule has 1 N–H and O–H groups in total. The predicted octanol–water partition coefficient (Wildman–Crippen LogP) is 2.84. The van der Waals surface area contributed by atoms with Gasteiger partial charge in [-0.15, -0.1) is 0 Å². The van der Waals surface area contributed by atoms with E-state index in [0.29, 0.717) is 35.3 Å². The zero-order chi connectivity index (χ0) is 22.5. The van der Waals surface area contributed by atoms with Gasteiger partial charge in [-0.1, -0.05) is 6.07 Å². The lowest BCUT2D eigenvalue weighted by Crippen LogP contribution is -2.39. The predicted molar refractivity (Wildman–Crippen MR) is 119 cm³/mol. The third kappa shape index (κ3) is 5.11. The van der Waals surface area contributed by atoms with Crippen LogP contribution in [0.1, 0.15) is 12.0 Å². The Morgan fingerprint density at radius 2 is 1.81 bits per heavy atom. The van der Waals surface area contributed by atoms with E-state index in [0.717, 1.165) is 5.56 Å². The molecule has 1 aliphatic rings. The molecule has 164 valence electrons. The standard InChI is InChI=1S/C22H24FN3O4S/c1-25-21(28)17(13-20(27)24-16-7-5-15(23)6-8-16)26(22(25)31)11-10-14-4-9-18(29-2)19(12-14)30-3/h4-9,12,17H,10-11,13H2,1-3H3,(H,24,27)/t17-/m1/s1. The Kier molecular flexibility index (Phi) is 7.06. The lowest BCUT2D eigenvalue weighted by molar-refractivity contribution is -0.130. The molecule has 31 heavy (non-hydrogen) atoms. The minimum Gasteiger partial charge on any atom is -0.493 e. The maximum Gasteiger partial charge on any atom is 0.251 e. The van der Waals surface area contributed by atoms with Crippen LogP contribution in [0.25, 0.3) is 0 Å². The number of nitrogens with zero attached hydrogens (tertiary/aromatic N) is 2. The summed E-state index contributed by atoms with van der Waals surface area (Å²) in [4.78, 5) is 28.3. The Bertz CT molecular complexity index is 983. The second kappa shape index (κ2) is 9.74. The normalized spacial score (nSPS) is 15.9. The monoisotopic (exact) mass is 445 g/mol. The van der Waals surface area contributed by atoms with Gasteiger partial charge < -0.3 is 19.7 Å². The molecule has 7 nitrogen and oxygen atoms in total. The Morgan fingerprint density at radius 1 is 1.13 bits per heavy atom. The molecule has 0 aliphatic carbocycles. The van der Waals surface area contributed by atoms with Gasteiger partial charge in [0, 0.05) is 19.3 Å². The number of hydrogen-bond acceptors (Lipinski definition) is 5. The topological polar surface area (TPSA) is 71.1 Å². The number of halogens is 1. The smallest absolute Gasteiger partial charge is 0.251 e. The van der Waals surface area contributed by atoms with E-state index in [2.05, 4.69) is 5.32 Å². The molecule has 1 fully saturated rings. The maximum atomic E-state index is 13.1. The average molecular weight is 446 g/mol. The number of ether oxygens (including phenoxy) is 2. The zero-order valence-electron chi connectivity index (χ0n) is 17.6. The van der Waals surface area contributed by atoms with Gasteiger partial charge in [0.15, 0.2) is 16.6 Å². The summed E-state index contributed by atoms with van der Waals surface area (Å²) in [6.45, 7) is 0.457. The van der Waals surface area contributed by atoms with Gasteiger partial charge in [-0.2, -0.15) is 0 Å². The third-order valence-electron chi connectivity index (χ3n) is 5.12. The summed E-state index contributed by atoms with van der Waals surface area (Å²) in [6.07, 6.45) is 0.532. The van der Waals surface area contributed by atoms with Crippen molar-refractivity contribution in [1.29, 1.82) is 0 Å². The highest BCUT2D eigenvalue weighted by molar-refractivity contribution is 7.80. The average Bonchev–Trinajstić information content (AvgIpc) is 2.97. The summed E-state index contributed by atoms with van der Waals surface area (Å²) in [5.41, 5.74) is 1.45. The summed E-state index contributed by atoms with van der Waals surface area (Å²) in [6, 6.07) is 10.4. The molecule has 2 amide bonds. The van der Waals surface area contributed by atoms with E-state index in [1.807, 2.05) is 18.2 Å². The zero-order valence-corrected chi connectivity index (χ0v) is 18.4. The molecule has 0 unspecified atom stereocenters. The van der Waals surface area contributed by atoms with Crippen molar-refractivity contribution in [3.05, 3.63) is 53.8 Å². The van der Waals surface area contributed by atoms with Gasteiger partial charge >= 0.3 is 0 Å². The molecule has 1 atom stereocenters. The van der Waals surface area contributed by atoms with E-state index < -0.39 is 11.9 Å². The van der Waals surface area contributed by atoms with E-state index in [4.69, 9.17) is 21.7 Å². The van der Waals surface area contributed by atoms with Crippen LogP contribution in [0.5, 0.6) is 11.5 Å². The van der Waals surface area contributed by atoms with E-state index >= 15 is 0 Å². The first-order chi connectivity index (χ1) is 14.8. The quantitative estimate of drug-likeness (QED) is 0.630. The number of thiocarbonyl (C=S) groups is 1. The van der Waals surface area contributed by atoms with Crippen molar-refractivity contribution in [2.24, 2.45) is 0 Å². The third-order valence-corrected chi connectivity index (χ3v) is 5.63. The van der Waals surface area contributed by atoms with Gasteiger partial charge in [0.1, 0.15) is 11.9 Å². The summed E-state index contributed by atoms with van der Waals surface area (Å²) >= 11 is 5.43. The first kappa shape index (κ1) is 22.5. The van der Waals surface area contributed by atoms with E-state index in [9.17, 15) is 14.0 Å². The highest BCUT2D eigenvalue weighted by Crippen LogP contribution is 2.28. The van der Waals surface area contributed by atoms with E-state index in [1.165, 1.54) is 29.2 Å². The maximum absolute atomic E-state index is 13.1. The lowest BCUT2D eigenvalue weighted by atomic mass is 10.1. The second-order valence-corrected chi connectivity index (χ2v) is 7.45. The molecule has 2 aromatic rings. The number of likely N-dealkylation sites (N-methyl/N-ethyl adjacent to an activating group) is 1. The molecular weight excluding hydrogens is 421 g/mol.